The number of aliphatic hydroxyl groups is 1. The number of hydrogen-bond donors (Lipinski definition) is 1. The molecule has 1 heterocycles. The van der Waals surface area contributed by atoms with Gasteiger partial charge in [-0.2, -0.15) is 0 Å². The zero-order valence-electron chi connectivity index (χ0n) is 8.87. The molecule has 90 valence electrons. The standard InChI is InChI=1S/C10H12Br2O2S2/c1-5(13)6(2)15-4-8(14)7-3-9(11)16-10(7)12/h3,5-6,13H,4H2,1-2H3. The number of thioether (sulfide) groups is 1. The van der Waals surface area contributed by atoms with Crippen LogP contribution in [0, 0.1) is 0 Å². The Hall–Kier alpha value is 0.640. The molecule has 2 unspecified atom stereocenters. The maximum absolute atomic E-state index is 11.9. The quantitative estimate of drug-likeness (QED) is 0.777. The minimum atomic E-state index is -0.393. The van der Waals surface area contributed by atoms with Crippen LogP contribution >= 0.6 is 55.0 Å². The molecule has 0 radical (unpaired) electrons. The molecule has 0 aliphatic carbocycles. The van der Waals surface area contributed by atoms with Gasteiger partial charge in [-0.15, -0.1) is 23.1 Å². The molecule has 0 saturated heterocycles. The van der Waals surface area contributed by atoms with E-state index >= 15 is 0 Å². The highest BCUT2D eigenvalue weighted by Crippen LogP contribution is 2.32. The van der Waals surface area contributed by atoms with Crippen LogP contribution in [0.2, 0.25) is 0 Å². The topological polar surface area (TPSA) is 37.3 Å². The number of carbonyl (C=O) groups excluding carboxylic acids is 1. The predicted molar refractivity (Wildman–Crippen MR) is 77.7 cm³/mol. The van der Waals surface area contributed by atoms with Gasteiger partial charge in [0.25, 0.3) is 0 Å². The fourth-order valence-corrected chi connectivity index (χ4v) is 4.66. The highest BCUT2D eigenvalue weighted by atomic mass is 79.9. The second kappa shape index (κ2) is 6.54. The van der Waals surface area contributed by atoms with E-state index in [4.69, 9.17) is 0 Å². The Bertz CT molecular complexity index is 377. The van der Waals surface area contributed by atoms with Gasteiger partial charge in [-0.1, -0.05) is 6.92 Å². The van der Waals surface area contributed by atoms with Crippen molar-refractivity contribution in [2.24, 2.45) is 0 Å². The molecule has 1 rings (SSSR count). The van der Waals surface area contributed by atoms with Gasteiger partial charge in [0.15, 0.2) is 5.78 Å². The average Bonchev–Trinajstić information content (AvgIpc) is 2.53. The summed E-state index contributed by atoms with van der Waals surface area (Å²) in [6.45, 7) is 3.65. The second-order valence-corrected chi connectivity index (χ2v) is 8.53. The van der Waals surface area contributed by atoms with Gasteiger partial charge in [0.1, 0.15) is 0 Å². The Morgan fingerprint density at radius 2 is 2.19 bits per heavy atom. The average molecular weight is 388 g/mol. The molecule has 0 bridgehead atoms. The van der Waals surface area contributed by atoms with Crippen LogP contribution in [-0.2, 0) is 0 Å². The lowest BCUT2D eigenvalue weighted by atomic mass is 10.2. The molecular formula is C10H12Br2O2S2. The van der Waals surface area contributed by atoms with E-state index < -0.39 is 6.10 Å². The Labute approximate surface area is 120 Å². The lowest BCUT2D eigenvalue weighted by Crippen LogP contribution is -2.17. The van der Waals surface area contributed by atoms with Gasteiger partial charge in [-0.25, -0.2) is 0 Å². The lowest BCUT2D eigenvalue weighted by Gasteiger charge is -2.12. The molecule has 1 aromatic rings. The normalized spacial score (nSPS) is 14.8. The Kier molecular flexibility index (Phi) is 6.01. The molecule has 2 nitrogen and oxygen atoms in total. The molecule has 0 aliphatic rings. The first-order valence-corrected chi connectivity index (χ1v) is 8.14. The summed E-state index contributed by atoms with van der Waals surface area (Å²) in [5.41, 5.74) is 0.710. The van der Waals surface area contributed by atoms with Crippen molar-refractivity contribution in [2.75, 3.05) is 5.75 Å². The number of hydrogen-bond acceptors (Lipinski definition) is 4. The number of rotatable bonds is 5. The van der Waals surface area contributed by atoms with Crippen molar-refractivity contribution in [3.8, 4) is 0 Å². The first kappa shape index (κ1) is 14.7. The van der Waals surface area contributed by atoms with Crippen molar-refractivity contribution in [1.29, 1.82) is 0 Å². The molecule has 1 N–H and O–H groups in total. The number of halogens is 2. The summed E-state index contributed by atoms with van der Waals surface area (Å²) < 4.78 is 1.80. The predicted octanol–water partition coefficient (Wildman–Crippen LogP) is 3.96. The van der Waals surface area contributed by atoms with E-state index in [0.717, 1.165) is 7.57 Å². The van der Waals surface area contributed by atoms with Gasteiger partial charge in [-0.3, -0.25) is 4.79 Å². The van der Waals surface area contributed by atoms with Crippen molar-refractivity contribution in [3.05, 3.63) is 19.2 Å². The lowest BCUT2D eigenvalue weighted by molar-refractivity contribution is 0.102. The summed E-state index contributed by atoms with van der Waals surface area (Å²) in [7, 11) is 0. The molecule has 0 aliphatic heterocycles. The van der Waals surface area contributed by atoms with Crippen molar-refractivity contribution in [2.45, 2.75) is 25.2 Å². The van der Waals surface area contributed by atoms with E-state index in [2.05, 4.69) is 31.9 Å². The van der Waals surface area contributed by atoms with E-state index in [9.17, 15) is 9.90 Å². The SMILES string of the molecule is CC(O)C(C)SCC(=O)c1cc(Br)sc1Br. The van der Waals surface area contributed by atoms with Gasteiger partial charge < -0.3 is 5.11 Å². The molecular weight excluding hydrogens is 376 g/mol. The summed E-state index contributed by atoms with van der Waals surface area (Å²) in [6.07, 6.45) is -0.393. The molecule has 6 heteroatoms. The smallest absolute Gasteiger partial charge is 0.174 e. The molecule has 0 spiro atoms. The van der Waals surface area contributed by atoms with Crippen molar-refractivity contribution >= 4 is 60.7 Å². The zero-order valence-corrected chi connectivity index (χ0v) is 13.7. The van der Waals surface area contributed by atoms with Gasteiger partial charge >= 0.3 is 0 Å². The van der Waals surface area contributed by atoms with Crippen LogP contribution in [0.15, 0.2) is 13.6 Å². The molecule has 1 aromatic heterocycles. The minimum Gasteiger partial charge on any atom is -0.392 e. The third-order valence-electron chi connectivity index (χ3n) is 2.11. The van der Waals surface area contributed by atoms with Crippen molar-refractivity contribution < 1.29 is 9.90 Å². The largest absolute Gasteiger partial charge is 0.392 e. The number of aliphatic hydroxyl groups excluding tert-OH is 1. The van der Waals surface area contributed by atoms with Crippen molar-refractivity contribution in [3.63, 3.8) is 0 Å². The van der Waals surface area contributed by atoms with Crippen LogP contribution in [0.4, 0.5) is 0 Å². The summed E-state index contributed by atoms with van der Waals surface area (Å²) in [5.74, 6) is 0.486. The van der Waals surface area contributed by atoms with Crippen LogP contribution < -0.4 is 0 Å². The van der Waals surface area contributed by atoms with Gasteiger partial charge in [-0.05, 0) is 44.8 Å². The summed E-state index contributed by atoms with van der Waals surface area (Å²) in [6, 6.07) is 1.82. The minimum absolute atomic E-state index is 0.0739. The second-order valence-electron chi connectivity index (χ2n) is 3.42. The first-order valence-electron chi connectivity index (χ1n) is 4.69. The number of carbonyl (C=O) groups is 1. The molecule has 0 aromatic carbocycles. The maximum Gasteiger partial charge on any atom is 0.174 e. The molecule has 0 amide bonds. The Morgan fingerprint density at radius 3 is 2.62 bits per heavy atom. The van der Waals surface area contributed by atoms with Crippen LogP contribution in [-0.4, -0.2) is 28.0 Å². The van der Waals surface area contributed by atoms with E-state index in [1.807, 2.05) is 13.0 Å². The number of thiophene rings is 1. The van der Waals surface area contributed by atoms with E-state index in [0.29, 0.717) is 11.3 Å². The third-order valence-corrected chi connectivity index (χ3v) is 5.80. The van der Waals surface area contributed by atoms with E-state index in [-0.39, 0.29) is 11.0 Å². The fourth-order valence-electron chi connectivity index (χ4n) is 0.955. The third kappa shape index (κ3) is 4.14. The van der Waals surface area contributed by atoms with Crippen LogP contribution in [0.1, 0.15) is 24.2 Å². The van der Waals surface area contributed by atoms with E-state index in [1.54, 1.807) is 6.92 Å². The van der Waals surface area contributed by atoms with E-state index in [1.165, 1.54) is 23.1 Å². The summed E-state index contributed by atoms with van der Waals surface area (Å²) in [5, 5.41) is 9.39. The molecule has 16 heavy (non-hydrogen) atoms. The van der Waals surface area contributed by atoms with Gasteiger partial charge in [0.05, 0.1) is 19.4 Å². The highest BCUT2D eigenvalue weighted by Gasteiger charge is 2.16. The van der Waals surface area contributed by atoms with Crippen molar-refractivity contribution in [1.82, 2.24) is 0 Å². The zero-order chi connectivity index (χ0) is 12.3. The number of Topliss-reactive ketones (excluding diaryl/α,β-unsaturated/α-hetero) is 1. The summed E-state index contributed by atoms with van der Waals surface area (Å²) in [4.78, 5) is 11.9. The molecule has 0 fully saturated rings. The molecule has 0 saturated carbocycles. The highest BCUT2D eigenvalue weighted by molar-refractivity contribution is 9.12. The fraction of sp³-hybridized carbons (Fsp3) is 0.500. The maximum atomic E-state index is 11.9. The van der Waals surface area contributed by atoms with Gasteiger partial charge in [0.2, 0.25) is 0 Å². The summed E-state index contributed by atoms with van der Waals surface area (Å²) >= 11 is 9.67. The first-order chi connectivity index (χ1) is 7.41. The van der Waals surface area contributed by atoms with Crippen LogP contribution in [0.3, 0.4) is 0 Å². The Morgan fingerprint density at radius 1 is 1.56 bits per heavy atom. The van der Waals surface area contributed by atoms with Crippen LogP contribution in [0.5, 0.6) is 0 Å². The van der Waals surface area contributed by atoms with Crippen LogP contribution in [0.25, 0.3) is 0 Å². The molecule has 2 atom stereocenters. The number of ketones is 1. The Balaban J connectivity index is 2.56. The monoisotopic (exact) mass is 386 g/mol. The van der Waals surface area contributed by atoms with Gasteiger partial charge in [0, 0.05) is 10.8 Å².